The number of nitrogens with zero attached hydrogens (tertiary/aromatic N) is 2. The Morgan fingerprint density at radius 3 is 0.794 bits per heavy atom. The molecule has 0 atom stereocenters. The zero-order chi connectivity index (χ0) is 47.7. The molecule has 0 aliphatic heterocycles. The molecule has 338 valence electrons. The molecule has 0 fully saturated rings. The topological polar surface area (TPSA) is 9.86 Å². The van der Waals surface area contributed by atoms with Crippen molar-refractivity contribution in [1.29, 1.82) is 0 Å². The van der Waals surface area contributed by atoms with Crippen LogP contribution in [0.4, 0.5) is 0 Å². The largest absolute Gasteiger partial charge is 0.309 e. The van der Waals surface area contributed by atoms with Gasteiger partial charge >= 0.3 is 0 Å². The van der Waals surface area contributed by atoms with Crippen LogP contribution in [0.5, 0.6) is 0 Å². The maximum atomic E-state index is 2.51. The Labute approximate surface area is 402 Å². The lowest BCUT2D eigenvalue weighted by Gasteiger charge is -2.21. The maximum absolute atomic E-state index is 2.51. The fourth-order valence-electron chi connectivity index (χ4n) is 10.8. The molecule has 0 bridgehead atoms. The number of fused-ring (bicyclic) bond motifs is 8. The van der Waals surface area contributed by atoms with E-state index in [0.717, 1.165) is 11.4 Å². The smallest absolute Gasteiger partial charge is 0.0541 e. The molecule has 11 rings (SSSR count). The molecule has 0 saturated heterocycles. The molecule has 0 N–H and O–H groups in total. The first-order chi connectivity index (χ1) is 32.3. The molecule has 2 aromatic heterocycles. The molecule has 0 radical (unpaired) electrons. The highest BCUT2D eigenvalue weighted by Gasteiger charge is 2.25. The zero-order valence-corrected chi connectivity index (χ0v) is 42.1. The van der Waals surface area contributed by atoms with Crippen LogP contribution in [0.1, 0.15) is 105 Å². The first-order valence-corrected chi connectivity index (χ1v) is 24.6. The third-order valence-corrected chi connectivity index (χ3v) is 14.7. The van der Waals surface area contributed by atoms with E-state index in [2.05, 4.69) is 262 Å². The Hall–Kier alpha value is -6.90. The lowest BCUT2D eigenvalue weighted by atomic mass is 9.85. The van der Waals surface area contributed by atoms with Crippen LogP contribution < -0.4 is 0 Å². The number of benzene rings is 9. The average Bonchev–Trinajstić information content (AvgIpc) is 3.81. The fraction of sp³-hybridized carbons (Fsp3) is 0.242. The first kappa shape index (κ1) is 43.7. The van der Waals surface area contributed by atoms with Crippen molar-refractivity contribution in [2.45, 2.75) is 105 Å². The molecule has 2 heterocycles. The molecule has 2 heteroatoms. The summed E-state index contributed by atoms with van der Waals surface area (Å²) in [5.41, 5.74) is 17.6. The Morgan fingerprint density at radius 2 is 0.529 bits per heavy atom. The van der Waals surface area contributed by atoms with Crippen LogP contribution in [0.2, 0.25) is 0 Å². The molecule has 2 nitrogen and oxygen atoms in total. The van der Waals surface area contributed by atoms with Crippen LogP contribution in [0.25, 0.3) is 98.8 Å². The second kappa shape index (κ2) is 15.3. The van der Waals surface area contributed by atoms with E-state index < -0.39 is 0 Å². The van der Waals surface area contributed by atoms with Gasteiger partial charge in [-0.3, -0.25) is 0 Å². The Kier molecular flexibility index (Phi) is 9.83. The number of hydrogen-bond donors (Lipinski definition) is 0. The van der Waals surface area contributed by atoms with Gasteiger partial charge in [0.1, 0.15) is 0 Å². The molecule has 0 spiro atoms. The molecule has 0 saturated carbocycles. The molecule has 68 heavy (non-hydrogen) atoms. The van der Waals surface area contributed by atoms with Gasteiger partial charge in [-0.15, -0.1) is 0 Å². The lowest BCUT2D eigenvalue weighted by molar-refractivity contribution is 0.590. The van der Waals surface area contributed by atoms with Gasteiger partial charge < -0.3 is 9.13 Å². The summed E-state index contributed by atoms with van der Waals surface area (Å²) >= 11 is 0. The third kappa shape index (κ3) is 7.14. The van der Waals surface area contributed by atoms with Crippen molar-refractivity contribution in [1.82, 2.24) is 9.13 Å². The first-order valence-electron chi connectivity index (χ1n) is 24.6. The predicted octanol–water partition coefficient (Wildman–Crippen LogP) is 18.7. The third-order valence-electron chi connectivity index (χ3n) is 14.7. The van der Waals surface area contributed by atoms with Crippen LogP contribution in [-0.4, -0.2) is 9.13 Å². The molecule has 0 aliphatic carbocycles. The molecule has 0 unspecified atom stereocenters. The Morgan fingerprint density at radius 1 is 0.250 bits per heavy atom. The molecule has 11 aromatic rings. The van der Waals surface area contributed by atoms with Crippen molar-refractivity contribution in [2.24, 2.45) is 0 Å². The summed E-state index contributed by atoms with van der Waals surface area (Å²) in [5, 5.41) is 10.1. The minimum atomic E-state index is 0.0274. The Bertz CT molecular complexity index is 3400. The van der Waals surface area contributed by atoms with E-state index >= 15 is 0 Å². The quantitative estimate of drug-likeness (QED) is 0.156. The van der Waals surface area contributed by atoms with Crippen molar-refractivity contribution in [3.05, 3.63) is 192 Å². The minimum Gasteiger partial charge on any atom is -0.309 e. The van der Waals surface area contributed by atoms with Gasteiger partial charge in [0, 0.05) is 32.9 Å². The second-order valence-corrected chi connectivity index (χ2v) is 23.5. The van der Waals surface area contributed by atoms with Gasteiger partial charge in [0.25, 0.3) is 0 Å². The summed E-state index contributed by atoms with van der Waals surface area (Å²) in [7, 11) is 0. The standard InChI is InChI=1S/C66H64N2/c1-63(2,3)43-23-31-57-51(35-43)52-36-44(64(4,5)6)24-32-58(52)67(57)47-27-29-49-55(39-47)61(41-19-15-13-16-20-41)50-30-28-48(40-56(50)62(49)42-21-17-14-18-22-42)68-59-33-25-45(65(7,8)9)37-53(59)54-38-46(66(10,11)12)26-34-60(54)68/h13-40H,1-12H3. The van der Waals surface area contributed by atoms with Crippen LogP contribution >= 0.6 is 0 Å². The van der Waals surface area contributed by atoms with Gasteiger partial charge in [-0.25, -0.2) is 0 Å². The summed E-state index contributed by atoms with van der Waals surface area (Å²) in [6.07, 6.45) is 0. The van der Waals surface area contributed by atoms with Gasteiger partial charge in [0.15, 0.2) is 0 Å². The van der Waals surface area contributed by atoms with Gasteiger partial charge in [0.05, 0.1) is 22.1 Å². The minimum absolute atomic E-state index is 0.0274. The lowest BCUT2D eigenvalue weighted by Crippen LogP contribution is -2.10. The summed E-state index contributed by atoms with van der Waals surface area (Å²) < 4.78 is 5.01. The van der Waals surface area contributed by atoms with Crippen molar-refractivity contribution in [3.8, 4) is 33.6 Å². The summed E-state index contributed by atoms with van der Waals surface area (Å²) in [6.45, 7) is 27.8. The van der Waals surface area contributed by atoms with E-state index in [-0.39, 0.29) is 21.7 Å². The molecular formula is C66H64N2. The van der Waals surface area contributed by atoms with E-state index in [1.807, 2.05) is 0 Å². The van der Waals surface area contributed by atoms with Crippen molar-refractivity contribution in [2.75, 3.05) is 0 Å². The van der Waals surface area contributed by atoms with Crippen molar-refractivity contribution >= 4 is 65.2 Å². The highest BCUT2D eigenvalue weighted by molar-refractivity contribution is 6.22. The number of aromatic nitrogens is 2. The molecule has 0 amide bonds. The SMILES string of the molecule is CC(C)(C)c1ccc2c(c1)c1cc(C(C)(C)C)ccc1n2-c1ccc2c(-c3ccccc3)c3cc(-n4c5ccc(C(C)(C)C)cc5c5cc(C(C)(C)C)ccc54)ccc3c(-c3ccccc3)c2c1. The summed E-state index contributed by atoms with van der Waals surface area (Å²) in [5.74, 6) is 0. The van der Waals surface area contributed by atoms with Gasteiger partial charge in [0.2, 0.25) is 0 Å². The summed E-state index contributed by atoms with van der Waals surface area (Å²) in [6, 6.07) is 65.1. The summed E-state index contributed by atoms with van der Waals surface area (Å²) in [4.78, 5) is 0. The van der Waals surface area contributed by atoms with Crippen LogP contribution in [0.15, 0.2) is 170 Å². The fourth-order valence-corrected chi connectivity index (χ4v) is 10.8. The second-order valence-electron chi connectivity index (χ2n) is 23.5. The van der Waals surface area contributed by atoms with Crippen molar-refractivity contribution < 1.29 is 0 Å². The van der Waals surface area contributed by atoms with E-state index in [1.165, 1.54) is 110 Å². The van der Waals surface area contributed by atoms with Crippen LogP contribution in [0, 0.1) is 0 Å². The number of hydrogen-bond acceptors (Lipinski definition) is 0. The van der Waals surface area contributed by atoms with Gasteiger partial charge in [-0.05, 0) is 161 Å². The molecule has 9 aromatic carbocycles. The van der Waals surface area contributed by atoms with Crippen LogP contribution in [-0.2, 0) is 21.7 Å². The van der Waals surface area contributed by atoms with Gasteiger partial charge in [-0.1, -0.05) is 180 Å². The monoisotopic (exact) mass is 885 g/mol. The van der Waals surface area contributed by atoms with Gasteiger partial charge in [-0.2, -0.15) is 0 Å². The molecular weight excluding hydrogens is 821 g/mol. The van der Waals surface area contributed by atoms with E-state index in [1.54, 1.807) is 0 Å². The van der Waals surface area contributed by atoms with E-state index in [0.29, 0.717) is 0 Å². The molecule has 0 aliphatic rings. The normalized spacial score (nSPS) is 13.0. The van der Waals surface area contributed by atoms with E-state index in [9.17, 15) is 0 Å². The average molecular weight is 885 g/mol. The van der Waals surface area contributed by atoms with Crippen molar-refractivity contribution in [3.63, 3.8) is 0 Å². The Balaban J connectivity index is 1.23. The highest BCUT2D eigenvalue weighted by atomic mass is 15.0. The van der Waals surface area contributed by atoms with E-state index in [4.69, 9.17) is 0 Å². The number of rotatable bonds is 4. The maximum Gasteiger partial charge on any atom is 0.0541 e. The van der Waals surface area contributed by atoms with Crippen LogP contribution in [0.3, 0.4) is 0 Å². The highest BCUT2D eigenvalue weighted by Crippen LogP contribution is 2.47. The predicted molar refractivity (Wildman–Crippen MR) is 296 cm³/mol. The zero-order valence-electron chi connectivity index (χ0n) is 42.1.